The van der Waals surface area contributed by atoms with Crippen molar-refractivity contribution >= 4 is 0 Å². The Morgan fingerprint density at radius 1 is 1.22 bits per heavy atom. The normalized spacial score (nSPS) is 25.9. The smallest absolute Gasteiger partial charge is 0.0774 e. The standard InChI is InChI=1S/C16H25NO/c1-2-10-16(18)11-6-7-12-17(14-16)13-15-8-4-3-5-9-15/h3-5,8-9,18H,2,6-7,10-14H2,1H3. The molecule has 18 heavy (non-hydrogen) atoms. The van der Waals surface area contributed by atoms with Gasteiger partial charge in [0.05, 0.1) is 5.60 Å². The highest BCUT2D eigenvalue weighted by molar-refractivity contribution is 5.14. The third-order valence-corrected chi connectivity index (χ3v) is 3.85. The second-order valence-electron chi connectivity index (χ2n) is 5.63. The molecular weight excluding hydrogens is 222 g/mol. The van der Waals surface area contributed by atoms with Crippen LogP contribution in [0.5, 0.6) is 0 Å². The van der Waals surface area contributed by atoms with E-state index in [-0.39, 0.29) is 0 Å². The van der Waals surface area contributed by atoms with Gasteiger partial charge in [-0.1, -0.05) is 43.7 Å². The van der Waals surface area contributed by atoms with Crippen molar-refractivity contribution in [1.29, 1.82) is 0 Å². The van der Waals surface area contributed by atoms with Crippen molar-refractivity contribution < 1.29 is 5.11 Å². The number of benzene rings is 1. The van der Waals surface area contributed by atoms with Gasteiger partial charge in [-0.05, 0) is 37.8 Å². The zero-order chi connectivity index (χ0) is 12.8. The molecule has 0 spiro atoms. The molecule has 2 rings (SSSR count). The zero-order valence-electron chi connectivity index (χ0n) is 11.4. The molecule has 100 valence electrons. The summed E-state index contributed by atoms with van der Waals surface area (Å²) >= 11 is 0. The fourth-order valence-corrected chi connectivity index (χ4v) is 3.01. The lowest BCUT2D eigenvalue weighted by Crippen LogP contribution is -2.41. The van der Waals surface area contributed by atoms with Crippen molar-refractivity contribution in [2.75, 3.05) is 13.1 Å². The van der Waals surface area contributed by atoms with Gasteiger partial charge in [-0.2, -0.15) is 0 Å². The molecule has 0 aliphatic carbocycles. The highest BCUT2D eigenvalue weighted by Gasteiger charge is 2.30. The van der Waals surface area contributed by atoms with E-state index in [0.717, 1.165) is 45.3 Å². The maximum Gasteiger partial charge on any atom is 0.0774 e. The fourth-order valence-electron chi connectivity index (χ4n) is 3.01. The van der Waals surface area contributed by atoms with Gasteiger partial charge in [0.2, 0.25) is 0 Å². The van der Waals surface area contributed by atoms with Crippen LogP contribution in [-0.2, 0) is 6.54 Å². The summed E-state index contributed by atoms with van der Waals surface area (Å²) in [7, 11) is 0. The number of rotatable bonds is 4. The summed E-state index contributed by atoms with van der Waals surface area (Å²) in [5.41, 5.74) is 0.887. The molecule has 1 aliphatic heterocycles. The maximum absolute atomic E-state index is 10.7. The lowest BCUT2D eigenvalue weighted by molar-refractivity contribution is -0.00338. The first kappa shape index (κ1) is 13.6. The summed E-state index contributed by atoms with van der Waals surface area (Å²) in [4.78, 5) is 2.41. The summed E-state index contributed by atoms with van der Waals surface area (Å²) in [6, 6.07) is 10.6. The summed E-state index contributed by atoms with van der Waals surface area (Å²) in [6.07, 6.45) is 5.32. The number of hydrogen-bond donors (Lipinski definition) is 1. The van der Waals surface area contributed by atoms with E-state index in [1.807, 2.05) is 0 Å². The quantitative estimate of drug-likeness (QED) is 0.883. The molecule has 1 fully saturated rings. The van der Waals surface area contributed by atoms with Gasteiger partial charge in [0.25, 0.3) is 0 Å². The first-order valence-electron chi connectivity index (χ1n) is 7.20. The molecule has 1 atom stereocenters. The molecule has 1 N–H and O–H groups in total. The van der Waals surface area contributed by atoms with Crippen LogP contribution in [0.25, 0.3) is 0 Å². The van der Waals surface area contributed by atoms with Crippen molar-refractivity contribution in [2.45, 2.75) is 51.2 Å². The van der Waals surface area contributed by atoms with E-state index < -0.39 is 5.60 Å². The van der Waals surface area contributed by atoms with Crippen molar-refractivity contribution in [2.24, 2.45) is 0 Å². The van der Waals surface area contributed by atoms with E-state index in [2.05, 4.69) is 42.2 Å². The second kappa shape index (κ2) is 6.35. The maximum atomic E-state index is 10.7. The Morgan fingerprint density at radius 2 is 2.00 bits per heavy atom. The van der Waals surface area contributed by atoms with Crippen molar-refractivity contribution in [3.63, 3.8) is 0 Å². The van der Waals surface area contributed by atoms with Crippen LogP contribution in [-0.4, -0.2) is 28.7 Å². The van der Waals surface area contributed by atoms with E-state index in [9.17, 15) is 5.11 Å². The molecule has 0 saturated carbocycles. The number of nitrogens with zero attached hydrogens (tertiary/aromatic N) is 1. The van der Waals surface area contributed by atoms with Gasteiger partial charge in [-0.15, -0.1) is 0 Å². The van der Waals surface area contributed by atoms with Gasteiger partial charge in [0.1, 0.15) is 0 Å². The summed E-state index contributed by atoms with van der Waals surface area (Å²) in [6.45, 7) is 5.06. The molecule has 1 aromatic carbocycles. The molecule has 0 amide bonds. The summed E-state index contributed by atoms with van der Waals surface area (Å²) in [5.74, 6) is 0. The highest BCUT2D eigenvalue weighted by Crippen LogP contribution is 2.26. The lowest BCUT2D eigenvalue weighted by Gasteiger charge is -2.31. The van der Waals surface area contributed by atoms with Crippen LogP contribution in [0.1, 0.15) is 44.6 Å². The first-order valence-corrected chi connectivity index (χ1v) is 7.20. The van der Waals surface area contributed by atoms with Crippen LogP contribution in [0, 0.1) is 0 Å². The Balaban J connectivity index is 1.99. The summed E-state index contributed by atoms with van der Waals surface area (Å²) in [5, 5.41) is 10.7. The zero-order valence-corrected chi connectivity index (χ0v) is 11.4. The topological polar surface area (TPSA) is 23.5 Å². The Morgan fingerprint density at radius 3 is 2.72 bits per heavy atom. The third kappa shape index (κ3) is 3.82. The van der Waals surface area contributed by atoms with Gasteiger partial charge in [-0.25, -0.2) is 0 Å². The van der Waals surface area contributed by atoms with Gasteiger partial charge >= 0.3 is 0 Å². The molecule has 1 unspecified atom stereocenters. The van der Waals surface area contributed by atoms with Crippen molar-refractivity contribution in [3.8, 4) is 0 Å². The van der Waals surface area contributed by atoms with Crippen molar-refractivity contribution in [3.05, 3.63) is 35.9 Å². The average molecular weight is 247 g/mol. The Bertz CT molecular complexity index is 351. The third-order valence-electron chi connectivity index (χ3n) is 3.85. The molecule has 1 saturated heterocycles. The molecule has 1 heterocycles. The molecule has 0 bridgehead atoms. The SMILES string of the molecule is CCCC1(O)CCCCN(Cc2ccccc2)C1. The number of hydrogen-bond acceptors (Lipinski definition) is 2. The van der Waals surface area contributed by atoms with Crippen LogP contribution in [0.3, 0.4) is 0 Å². The van der Waals surface area contributed by atoms with Crippen LogP contribution in [0.4, 0.5) is 0 Å². The molecule has 0 aromatic heterocycles. The predicted octanol–water partition coefficient (Wildman–Crippen LogP) is 3.20. The van der Waals surface area contributed by atoms with Crippen molar-refractivity contribution in [1.82, 2.24) is 4.90 Å². The van der Waals surface area contributed by atoms with Gasteiger partial charge in [-0.3, -0.25) is 4.90 Å². The monoisotopic (exact) mass is 247 g/mol. The molecule has 1 aliphatic rings. The number of β-amino-alcohol motifs (C(OH)–C–C–N with tert-alkyl or cyclic N) is 1. The second-order valence-corrected chi connectivity index (χ2v) is 5.63. The molecule has 1 aromatic rings. The number of aliphatic hydroxyl groups is 1. The minimum atomic E-state index is -0.458. The minimum Gasteiger partial charge on any atom is -0.389 e. The molecule has 2 heteroatoms. The molecular formula is C16H25NO. The van der Waals surface area contributed by atoms with Crippen LogP contribution in [0.15, 0.2) is 30.3 Å². The predicted molar refractivity (Wildman–Crippen MR) is 75.4 cm³/mol. The van der Waals surface area contributed by atoms with Crippen LogP contribution >= 0.6 is 0 Å². The summed E-state index contributed by atoms with van der Waals surface area (Å²) < 4.78 is 0. The highest BCUT2D eigenvalue weighted by atomic mass is 16.3. The van der Waals surface area contributed by atoms with Gasteiger partial charge in [0, 0.05) is 13.1 Å². The largest absolute Gasteiger partial charge is 0.389 e. The number of likely N-dealkylation sites (tertiary alicyclic amines) is 1. The van der Waals surface area contributed by atoms with E-state index >= 15 is 0 Å². The Hall–Kier alpha value is -0.860. The minimum absolute atomic E-state index is 0.458. The van der Waals surface area contributed by atoms with E-state index in [0.29, 0.717) is 0 Å². The molecule has 2 nitrogen and oxygen atoms in total. The van der Waals surface area contributed by atoms with Crippen LogP contribution < -0.4 is 0 Å². The van der Waals surface area contributed by atoms with Gasteiger partial charge in [0.15, 0.2) is 0 Å². The van der Waals surface area contributed by atoms with Crippen LogP contribution in [0.2, 0.25) is 0 Å². The molecule has 0 radical (unpaired) electrons. The van der Waals surface area contributed by atoms with Gasteiger partial charge < -0.3 is 5.11 Å². The van der Waals surface area contributed by atoms with E-state index in [1.165, 1.54) is 12.0 Å². The average Bonchev–Trinajstić information content (AvgIpc) is 2.53. The lowest BCUT2D eigenvalue weighted by atomic mass is 9.92. The Kier molecular flexibility index (Phi) is 4.79. The first-order chi connectivity index (χ1) is 8.72. The van der Waals surface area contributed by atoms with E-state index in [4.69, 9.17) is 0 Å². The fraction of sp³-hybridized carbons (Fsp3) is 0.625. The van der Waals surface area contributed by atoms with E-state index in [1.54, 1.807) is 0 Å². The Labute approximate surface area is 111 Å².